The molecule has 126 valence electrons. The van der Waals surface area contributed by atoms with Gasteiger partial charge in [-0.1, -0.05) is 58.4 Å². The highest BCUT2D eigenvalue weighted by atomic mass is 79.9. The molecule has 0 unspecified atom stereocenters. The summed E-state index contributed by atoms with van der Waals surface area (Å²) in [4.78, 5) is 9.15. The Morgan fingerprint density at radius 3 is 2.44 bits per heavy atom. The molecule has 0 radical (unpaired) electrons. The molecule has 0 bridgehead atoms. The van der Waals surface area contributed by atoms with Crippen molar-refractivity contribution >= 4 is 39.4 Å². The van der Waals surface area contributed by atoms with Crippen LogP contribution in [0.3, 0.4) is 0 Å². The van der Waals surface area contributed by atoms with Crippen molar-refractivity contribution < 1.29 is 0 Å². The highest BCUT2D eigenvalue weighted by Gasteiger charge is 2.06. The van der Waals surface area contributed by atoms with Crippen LogP contribution in [0.25, 0.3) is 17.5 Å². The fourth-order valence-corrected chi connectivity index (χ4v) is 2.77. The number of hydrogen-bond donors (Lipinski definition) is 1. The molecule has 0 amide bonds. The maximum Gasteiger partial charge on any atom is 0.162 e. The van der Waals surface area contributed by atoms with E-state index in [9.17, 15) is 0 Å². The Hall–Kier alpha value is -2.17. The summed E-state index contributed by atoms with van der Waals surface area (Å²) in [5.41, 5.74) is 2.98. The average molecular weight is 415 g/mol. The number of hydrogen-bond acceptors (Lipinski definition) is 3. The van der Waals surface area contributed by atoms with Crippen LogP contribution in [0.4, 0.5) is 5.82 Å². The van der Waals surface area contributed by atoms with Gasteiger partial charge in [-0.15, -0.1) is 0 Å². The minimum Gasteiger partial charge on any atom is -0.370 e. The van der Waals surface area contributed by atoms with Gasteiger partial charge in [-0.05, 0) is 42.3 Å². The SMILES string of the molecule is C=Cc1cc(NCCc2ccc(Cl)cc2)nc(-c2ccc(Br)cc2)n1. The molecule has 1 heterocycles. The van der Waals surface area contributed by atoms with Gasteiger partial charge in [-0.3, -0.25) is 0 Å². The Labute approximate surface area is 160 Å². The van der Waals surface area contributed by atoms with Crippen LogP contribution in [0, 0.1) is 0 Å². The van der Waals surface area contributed by atoms with Crippen molar-refractivity contribution in [3.05, 3.63) is 81.9 Å². The van der Waals surface area contributed by atoms with E-state index in [0.29, 0.717) is 5.82 Å². The maximum absolute atomic E-state index is 5.92. The minimum absolute atomic E-state index is 0.680. The van der Waals surface area contributed by atoms with E-state index >= 15 is 0 Å². The first-order valence-electron chi connectivity index (χ1n) is 7.90. The van der Waals surface area contributed by atoms with Gasteiger partial charge in [0.2, 0.25) is 0 Å². The van der Waals surface area contributed by atoms with Crippen LogP contribution in [0.2, 0.25) is 5.02 Å². The molecule has 0 aliphatic rings. The van der Waals surface area contributed by atoms with Crippen LogP contribution >= 0.6 is 27.5 Å². The Morgan fingerprint density at radius 1 is 1.04 bits per heavy atom. The summed E-state index contributed by atoms with van der Waals surface area (Å²) in [5.74, 6) is 1.47. The van der Waals surface area contributed by atoms with Gasteiger partial charge in [0.1, 0.15) is 5.82 Å². The lowest BCUT2D eigenvalue weighted by Gasteiger charge is -2.09. The third-order valence-electron chi connectivity index (χ3n) is 3.69. The molecule has 2 aromatic carbocycles. The summed E-state index contributed by atoms with van der Waals surface area (Å²) < 4.78 is 1.03. The van der Waals surface area contributed by atoms with Gasteiger partial charge in [0.25, 0.3) is 0 Å². The second-order valence-electron chi connectivity index (χ2n) is 5.52. The first kappa shape index (κ1) is 17.6. The molecule has 5 heteroatoms. The molecule has 0 fully saturated rings. The van der Waals surface area contributed by atoms with E-state index in [1.807, 2.05) is 54.6 Å². The standard InChI is InChI=1S/C20H17BrClN3/c1-2-18-13-19(23-12-11-14-3-9-17(22)10-4-14)25-20(24-18)15-5-7-16(21)8-6-15/h2-10,13H,1,11-12H2,(H,23,24,25). The lowest BCUT2D eigenvalue weighted by atomic mass is 10.1. The van der Waals surface area contributed by atoms with Gasteiger partial charge in [-0.25, -0.2) is 9.97 Å². The Morgan fingerprint density at radius 2 is 1.76 bits per heavy atom. The van der Waals surface area contributed by atoms with E-state index < -0.39 is 0 Å². The topological polar surface area (TPSA) is 37.8 Å². The van der Waals surface area contributed by atoms with Gasteiger partial charge in [0.15, 0.2) is 5.82 Å². The van der Waals surface area contributed by atoms with Gasteiger partial charge in [0, 0.05) is 27.7 Å². The zero-order valence-electron chi connectivity index (χ0n) is 13.5. The smallest absolute Gasteiger partial charge is 0.162 e. The Bertz CT molecular complexity index is 861. The molecule has 0 spiro atoms. The van der Waals surface area contributed by atoms with E-state index in [4.69, 9.17) is 11.6 Å². The molecule has 0 aliphatic heterocycles. The fraction of sp³-hybridized carbons (Fsp3) is 0.100. The normalized spacial score (nSPS) is 10.5. The predicted octanol–water partition coefficient (Wildman–Crippen LogP) is 5.86. The summed E-state index contributed by atoms with van der Waals surface area (Å²) in [5, 5.41) is 4.11. The van der Waals surface area contributed by atoms with Crippen LogP contribution < -0.4 is 5.32 Å². The molecule has 3 nitrogen and oxygen atoms in total. The highest BCUT2D eigenvalue weighted by molar-refractivity contribution is 9.10. The van der Waals surface area contributed by atoms with E-state index in [1.165, 1.54) is 5.56 Å². The number of nitrogens with zero attached hydrogens (tertiary/aromatic N) is 2. The number of aromatic nitrogens is 2. The molecule has 0 saturated carbocycles. The van der Waals surface area contributed by atoms with E-state index in [2.05, 4.69) is 37.8 Å². The van der Waals surface area contributed by atoms with Crippen molar-refractivity contribution in [2.45, 2.75) is 6.42 Å². The molecule has 1 N–H and O–H groups in total. The largest absolute Gasteiger partial charge is 0.370 e. The summed E-state index contributed by atoms with van der Waals surface area (Å²) in [6.45, 7) is 4.59. The summed E-state index contributed by atoms with van der Waals surface area (Å²) in [6.07, 6.45) is 2.62. The lowest BCUT2D eigenvalue weighted by Crippen LogP contribution is -2.07. The van der Waals surface area contributed by atoms with Crippen molar-refractivity contribution in [3.8, 4) is 11.4 Å². The van der Waals surface area contributed by atoms with Crippen LogP contribution in [-0.4, -0.2) is 16.5 Å². The molecular formula is C20H17BrClN3. The van der Waals surface area contributed by atoms with Crippen molar-refractivity contribution in [1.29, 1.82) is 0 Å². The molecular weight excluding hydrogens is 398 g/mol. The summed E-state index contributed by atoms with van der Waals surface area (Å²) in [6, 6.07) is 17.7. The van der Waals surface area contributed by atoms with E-state index in [1.54, 1.807) is 6.08 Å². The Balaban J connectivity index is 1.74. The number of benzene rings is 2. The third-order valence-corrected chi connectivity index (χ3v) is 4.47. The molecule has 3 aromatic rings. The lowest BCUT2D eigenvalue weighted by molar-refractivity contribution is 1.000. The number of rotatable bonds is 6. The highest BCUT2D eigenvalue weighted by Crippen LogP contribution is 2.21. The Kier molecular flexibility index (Phi) is 5.84. The summed E-state index contributed by atoms with van der Waals surface area (Å²) in [7, 11) is 0. The molecule has 3 rings (SSSR count). The molecule has 0 atom stereocenters. The molecule has 25 heavy (non-hydrogen) atoms. The van der Waals surface area contributed by atoms with Crippen molar-refractivity contribution in [2.75, 3.05) is 11.9 Å². The van der Waals surface area contributed by atoms with Crippen molar-refractivity contribution in [3.63, 3.8) is 0 Å². The zero-order chi connectivity index (χ0) is 17.6. The first-order valence-corrected chi connectivity index (χ1v) is 9.07. The number of nitrogens with one attached hydrogen (secondary N) is 1. The fourth-order valence-electron chi connectivity index (χ4n) is 2.38. The van der Waals surface area contributed by atoms with Crippen LogP contribution in [-0.2, 0) is 6.42 Å². The van der Waals surface area contributed by atoms with Crippen molar-refractivity contribution in [1.82, 2.24) is 9.97 Å². The zero-order valence-corrected chi connectivity index (χ0v) is 15.9. The number of halogens is 2. The minimum atomic E-state index is 0.680. The third kappa shape index (κ3) is 4.91. The summed E-state index contributed by atoms with van der Waals surface area (Å²) >= 11 is 9.36. The van der Waals surface area contributed by atoms with E-state index in [-0.39, 0.29) is 0 Å². The van der Waals surface area contributed by atoms with Gasteiger partial charge >= 0.3 is 0 Å². The average Bonchev–Trinajstić information content (AvgIpc) is 2.63. The molecule has 1 aromatic heterocycles. The second kappa shape index (κ2) is 8.28. The molecule has 0 saturated heterocycles. The second-order valence-corrected chi connectivity index (χ2v) is 6.87. The quantitative estimate of drug-likeness (QED) is 0.549. The van der Waals surface area contributed by atoms with Crippen LogP contribution in [0.15, 0.2) is 65.6 Å². The van der Waals surface area contributed by atoms with Gasteiger partial charge in [0.05, 0.1) is 5.69 Å². The van der Waals surface area contributed by atoms with E-state index in [0.717, 1.165) is 39.5 Å². The predicted molar refractivity (Wildman–Crippen MR) is 109 cm³/mol. The monoisotopic (exact) mass is 413 g/mol. The molecule has 0 aliphatic carbocycles. The first-order chi connectivity index (χ1) is 12.1. The van der Waals surface area contributed by atoms with Gasteiger partial charge < -0.3 is 5.32 Å². The number of anilines is 1. The van der Waals surface area contributed by atoms with Crippen LogP contribution in [0.1, 0.15) is 11.3 Å². The van der Waals surface area contributed by atoms with Gasteiger partial charge in [-0.2, -0.15) is 0 Å². The maximum atomic E-state index is 5.92. The van der Waals surface area contributed by atoms with Crippen molar-refractivity contribution in [2.24, 2.45) is 0 Å². The van der Waals surface area contributed by atoms with Crippen LogP contribution in [0.5, 0.6) is 0 Å².